The topological polar surface area (TPSA) is 68.5 Å². The first-order chi connectivity index (χ1) is 8.20. The van der Waals surface area contributed by atoms with Gasteiger partial charge >= 0.3 is 0 Å². The zero-order valence-electron chi connectivity index (χ0n) is 10.3. The lowest BCUT2D eigenvalue weighted by atomic mass is 10.2. The van der Waals surface area contributed by atoms with Crippen LogP contribution in [0.15, 0.2) is 18.5 Å². The number of rotatable bonds is 6. The Morgan fingerprint density at radius 2 is 2.29 bits per heavy atom. The molecule has 94 valence electrons. The van der Waals surface area contributed by atoms with Crippen LogP contribution in [-0.4, -0.2) is 42.1 Å². The Morgan fingerprint density at radius 1 is 1.53 bits per heavy atom. The first-order valence-corrected chi connectivity index (χ1v) is 5.77. The van der Waals surface area contributed by atoms with Gasteiger partial charge < -0.3 is 15.4 Å². The second kappa shape index (κ2) is 6.85. The van der Waals surface area contributed by atoms with E-state index >= 15 is 0 Å². The highest BCUT2D eigenvalue weighted by Crippen LogP contribution is 2.11. The molecule has 1 aromatic heterocycles. The minimum atomic E-state index is -0.0768. The number of pyridine rings is 1. The second-order valence-corrected chi connectivity index (χ2v) is 3.54. The average molecular weight is 237 g/mol. The molecule has 0 radical (unpaired) electrons. The number of nitrogens with zero attached hydrogens (tertiary/aromatic N) is 2. The number of hydrogen-bond acceptors (Lipinski definition) is 4. The standard InChI is InChI=1S/C12H19N3O2/c1-3-15(7-8-17-4-2)12(16)10-5-6-14-9-11(10)13/h5-6,9H,3-4,7-8,13H2,1-2H3. The molecule has 0 aliphatic carbocycles. The van der Waals surface area contributed by atoms with Gasteiger partial charge in [0, 0.05) is 25.9 Å². The fourth-order valence-corrected chi connectivity index (χ4v) is 1.49. The van der Waals surface area contributed by atoms with Crippen molar-refractivity contribution in [2.75, 3.05) is 32.0 Å². The lowest BCUT2D eigenvalue weighted by molar-refractivity contribution is 0.0670. The largest absolute Gasteiger partial charge is 0.397 e. The third-order valence-corrected chi connectivity index (χ3v) is 2.46. The van der Waals surface area contributed by atoms with Crippen LogP contribution in [0.4, 0.5) is 5.69 Å². The number of hydrogen-bond donors (Lipinski definition) is 1. The molecule has 1 amide bonds. The van der Waals surface area contributed by atoms with Crippen molar-refractivity contribution in [2.24, 2.45) is 0 Å². The third kappa shape index (κ3) is 3.71. The summed E-state index contributed by atoms with van der Waals surface area (Å²) in [4.78, 5) is 17.7. The van der Waals surface area contributed by atoms with Gasteiger partial charge in [-0.05, 0) is 19.9 Å². The van der Waals surface area contributed by atoms with Crippen LogP contribution in [0.2, 0.25) is 0 Å². The Hall–Kier alpha value is -1.62. The van der Waals surface area contributed by atoms with E-state index in [0.29, 0.717) is 37.6 Å². The lowest BCUT2D eigenvalue weighted by Gasteiger charge is -2.21. The van der Waals surface area contributed by atoms with Crippen molar-refractivity contribution in [1.29, 1.82) is 0 Å². The van der Waals surface area contributed by atoms with Crippen LogP contribution in [0.25, 0.3) is 0 Å². The summed E-state index contributed by atoms with van der Waals surface area (Å²) in [7, 11) is 0. The van der Waals surface area contributed by atoms with Gasteiger partial charge in [0.25, 0.3) is 5.91 Å². The van der Waals surface area contributed by atoms with Crippen molar-refractivity contribution in [1.82, 2.24) is 9.88 Å². The van der Waals surface area contributed by atoms with Crippen molar-refractivity contribution in [2.45, 2.75) is 13.8 Å². The smallest absolute Gasteiger partial charge is 0.256 e. The molecular weight excluding hydrogens is 218 g/mol. The van der Waals surface area contributed by atoms with E-state index in [1.807, 2.05) is 13.8 Å². The van der Waals surface area contributed by atoms with Crippen molar-refractivity contribution in [3.63, 3.8) is 0 Å². The Morgan fingerprint density at radius 3 is 2.88 bits per heavy atom. The molecule has 1 rings (SSSR count). The van der Waals surface area contributed by atoms with Crippen LogP contribution in [0.1, 0.15) is 24.2 Å². The minimum Gasteiger partial charge on any atom is -0.397 e. The number of amides is 1. The van der Waals surface area contributed by atoms with E-state index in [1.54, 1.807) is 17.2 Å². The number of nitrogens with two attached hydrogens (primary N) is 1. The molecule has 0 saturated carbocycles. The molecule has 5 nitrogen and oxygen atoms in total. The molecule has 1 aromatic rings. The molecule has 17 heavy (non-hydrogen) atoms. The Bertz CT molecular complexity index is 369. The van der Waals surface area contributed by atoms with Gasteiger partial charge in [0.1, 0.15) is 0 Å². The van der Waals surface area contributed by atoms with E-state index in [9.17, 15) is 4.79 Å². The molecule has 2 N–H and O–H groups in total. The summed E-state index contributed by atoms with van der Waals surface area (Å²) < 4.78 is 5.24. The number of nitrogen functional groups attached to an aromatic ring is 1. The maximum Gasteiger partial charge on any atom is 0.256 e. The van der Waals surface area contributed by atoms with E-state index in [-0.39, 0.29) is 5.91 Å². The zero-order chi connectivity index (χ0) is 12.7. The van der Waals surface area contributed by atoms with Crippen molar-refractivity contribution < 1.29 is 9.53 Å². The summed E-state index contributed by atoms with van der Waals surface area (Å²) in [5, 5.41) is 0. The first kappa shape index (κ1) is 13.4. The van der Waals surface area contributed by atoms with Crippen molar-refractivity contribution >= 4 is 11.6 Å². The van der Waals surface area contributed by atoms with Gasteiger partial charge in [0.05, 0.1) is 24.1 Å². The van der Waals surface area contributed by atoms with Gasteiger partial charge in [-0.2, -0.15) is 0 Å². The van der Waals surface area contributed by atoms with Crippen LogP contribution in [-0.2, 0) is 4.74 Å². The number of anilines is 1. The highest BCUT2D eigenvalue weighted by atomic mass is 16.5. The van der Waals surface area contributed by atoms with E-state index in [4.69, 9.17) is 10.5 Å². The summed E-state index contributed by atoms with van der Waals surface area (Å²) in [6.07, 6.45) is 3.06. The van der Waals surface area contributed by atoms with Crippen LogP contribution in [0.5, 0.6) is 0 Å². The SMILES string of the molecule is CCOCCN(CC)C(=O)c1ccncc1N. The number of ether oxygens (including phenoxy) is 1. The first-order valence-electron chi connectivity index (χ1n) is 5.77. The highest BCUT2D eigenvalue weighted by Gasteiger charge is 2.16. The maximum atomic E-state index is 12.2. The van der Waals surface area contributed by atoms with E-state index in [2.05, 4.69) is 4.98 Å². The summed E-state index contributed by atoms with van der Waals surface area (Å²) in [5.74, 6) is -0.0768. The molecular formula is C12H19N3O2. The van der Waals surface area contributed by atoms with Gasteiger partial charge in [-0.3, -0.25) is 9.78 Å². The fourth-order valence-electron chi connectivity index (χ4n) is 1.49. The molecule has 5 heteroatoms. The summed E-state index contributed by atoms with van der Waals surface area (Å²) in [6, 6.07) is 1.64. The van der Waals surface area contributed by atoms with Gasteiger partial charge in [-0.25, -0.2) is 0 Å². The van der Waals surface area contributed by atoms with Crippen LogP contribution >= 0.6 is 0 Å². The Labute approximate surface area is 102 Å². The normalized spacial score (nSPS) is 10.2. The molecule has 1 heterocycles. The second-order valence-electron chi connectivity index (χ2n) is 3.54. The summed E-state index contributed by atoms with van der Waals surface area (Å²) in [6.45, 7) is 6.27. The quantitative estimate of drug-likeness (QED) is 0.754. The molecule has 0 bridgehead atoms. The van der Waals surface area contributed by atoms with Gasteiger partial charge in [-0.1, -0.05) is 0 Å². The predicted molar refractivity (Wildman–Crippen MR) is 66.7 cm³/mol. The zero-order valence-corrected chi connectivity index (χ0v) is 10.3. The number of aromatic nitrogens is 1. The highest BCUT2D eigenvalue weighted by molar-refractivity contribution is 5.98. The van der Waals surface area contributed by atoms with Gasteiger partial charge in [0.2, 0.25) is 0 Å². The molecule has 0 unspecified atom stereocenters. The molecule has 0 aliphatic rings. The monoisotopic (exact) mass is 237 g/mol. The number of likely N-dealkylation sites (N-methyl/N-ethyl adjacent to an activating group) is 1. The van der Waals surface area contributed by atoms with Gasteiger partial charge in [0.15, 0.2) is 0 Å². The Kier molecular flexibility index (Phi) is 5.42. The van der Waals surface area contributed by atoms with Crippen molar-refractivity contribution in [3.05, 3.63) is 24.0 Å². The fraction of sp³-hybridized carbons (Fsp3) is 0.500. The van der Waals surface area contributed by atoms with Crippen molar-refractivity contribution in [3.8, 4) is 0 Å². The molecule has 0 spiro atoms. The minimum absolute atomic E-state index is 0.0768. The number of carbonyl (C=O) groups excluding carboxylic acids is 1. The maximum absolute atomic E-state index is 12.2. The molecule has 0 saturated heterocycles. The van der Waals surface area contributed by atoms with Crippen LogP contribution in [0.3, 0.4) is 0 Å². The van der Waals surface area contributed by atoms with Crippen LogP contribution in [0, 0.1) is 0 Å². The van der Waals surface area contributed by atoms with E-state index in [0.717, 1.165) is 0 Å². The van der Waals surface area contributed by atoms with E-state index < -0.39 is 0 Å². The summed E-state index contributed by atoms with van der Waals surface area (Å²) >= 11 is 0. The molecule has 0 fully saturated rings. The van der Waals surface area contributed by atoms with Gasteiger partial charge in [-0.15, -0.1) is 0 Å². The summed E-state index contributed by atoms with van der Waals surface area (Å²) in [5.41, 5.74) is 6.64. The number of carbonyl (C=O) groups is 1. The lowest BCUT2D eigenvalue weighted by Crippen LogP contribution is -2.34. The van der Waals surface area contributed by atoms with E-state index in [1.165, 1.54) is 6.20 Å². The molecule has 0 atom stereocenters. The molecule has 0 aromatic carbocycles. The average Bonchev–Trinajstić information content (AvgIpc) is 2.35. The predicted octanol–water partition coefficient (Wildman–Crippen LogP) is 1.16. The third-order valence-electron chi connectivity index (χ3n) is 2.46. The van der Waals surface area contributed by atoms with Crippen LogP contribution < -0.4 is 5.73 Å². The Balaban J connectivity index is 2.69. The molecule has 0 aliphatic heterocycles.